The van der Waals surface area contributed by atoms with E-state index in [9.17, 15) is 4.79 Å². The van der Waals surface area contributed by atoms with Crippen molar-refractivity contribution in [3.8, 4) is 11.5 Å². The molecule has 4 nitrogen and oxygen atoms in total. The summed E-state index contributed by atoms with van der Waals surface area (Å²) < 4.78 is 10.3. The molecule has 2 N–H and O–H groups in total. The Morgan fingerprint density at radius 3 is 2.47 bits per heavy atom. The van der Waals surface area contributed by atoms with Gasteiger partial charge in [-0.2, -0.15) is 0 Å². The second kappa shape index (κ2) is 6.02. The van der Waals surface area contributed by atoms with Crippen LogP contribution in [0.5, 0.6) is 11.5 Å². The largest absolute Gasteiger partial charge is 0.465 e. The van der Waals surface area contributed by atoms with Gasteiger partial charge in [-0.25, -0.2) is 4.79 Å². The molecule has 0 radical (unpaired) electrons. The minimum absolute atomic E-state index is 0.385. The summed E-state index contributed by atoms with van der Waals surface area (Å²) in [6.07, 6.45) is 0. The fraction of sp³-hybridized carbons (Fsp3) is 0.133. The van der Waals surface area contributed by atoms with Crippen LogP contribution in [0.15, 0.2) is 48.5 Å². The summed E-state index contributed by atoms with van der Waals surface area (Å²) in [4.78, 5) is 11.4. The second-order valence-electron chi connectivity index (χ2n) is 3.97. The van der Waals surface area contributed by atoms with Crippen LogP contribution < -0.4 is 10.5 Å². The molecule has 4 heteroatoms. The lowest BCUT2D eigenvalue weighted by Gasteiger charge is -2.07. The Morgan fingerprint density at radius 2 is 1.84 bits per heavy atom. The Bertz CT molecular complexity index is 564. The van der Waals surface area contributed by atoms with Crippen LogP contribution in [-0.2, 0) is 11.3 Å². The zero-order valence-electron chi connectivity index (χ0n) is 10.6. The van der Waals surface area contributed by atoms with E-state index in [2.05, 4.69) is 4.74 Å². The van der Waals surface area contributed by atoms with Crippen LogP contribution in [0.25, 0.3) is 0 Å². The third kappa shape index (κ3) is 3.33. The molecule has 0 aliphatic heterocycles. The summed E-state index contributed by atoms with van der Waals surface area (Å²) in [5, 5.41) is 0. The lowest BCUT2D eigenvalue weighted by atomic mass is 10.2. The van der Waals surface area contributed by atoms with Gasteiger partial charge in [0.1, 0.15) is 11.5 Å². The average molecular weight is 257 g/mol. The van der Waals surface area contributed by atoms with Gasteiger partial charge < -0.3 is 15.2 Å². The molecule has 2 aromatic rings. The van der Waals surface area contributed by atoms with E-state index >= 15 is 0 Å². The molecule has 0 saturated heterocycles. The lowest BCUT2D eigenvalue weighted by molar-refractivity contribution is 0.0600. The van der Waals surface area contributed by atoms with Crippen LogP contribution in [0.2, 0.25) is 0 Å². The molecule has 0 bridgehead atoms. The van der Waals surface area contributed by atoms with Crippen LogP contribution in [0.1, 0.15) is 15.9 Å². The van der Waals surface area contributed by atoms with Gasteiger partial charge in [0.15, 0.2) is 0 Å². The van der Waals surface area contributed by atoms with Gasteiger partial charge >= 0.3 is 5.97 Å². The molecule has 0 aliphatic rings. The van der Waals surface area contributed by atoms with Crippen LogP contribution in [0.4, 0.5) is 0 Å². The number of esters is 1. The Hall–Kier alpha value is -2.33. The van der Waals surface area contributed by atoms with Crippen molar-refractivity contribution in [3.63, 3.8) is 0 Å². The fourth-order valence-corrected chi connectivity index (χ4v) is 1.63. The van der Waals surface area contributed by atoms with Crippen molar-refractivity contribution in [3.05, 3.63) is 59.7 Å². The van der Waals surface area contributed by atoms with Crippen LogP contribution in [0.3, 0.4) is 0 Å². The number of methoxy groups -OCH3 is 1. The van der Waals surface area contributed by atoms with E-state index in [0.717, 1.165) is 5.56 Å². The predicted molar refractivity (Wildman–Crippen MR) is 72.2 cm³/mol. The van der Waals surface area contributed by atoms with E-state index in [-0.39, 0.29) is 5.97 Å². The molecule has 98 valence electrons. The summed E-state index contributed by atoms with van der Waals surface area (Å²) in [5.41, 5.74) is 7.02. The van der Waals surface area contributed by atoms with Crippen LogP contribution >= 0.6 is 0 Å². The highest BCUT2D eigenvalue weighted by Crippen LogP contribution is 2.22. The molecule has 19 heavy (non-hydrogen) atoms. The van der Waals surface area contributed by atoms with Gasteiger partial charge in [0.05, 0.1) is 12.7 Å². The molecule has 0 aromatic heterocycles. The fourth-order valence-electron chi connectivity index (χ4n) is 1.63. The van der Waals surface area contributed by atoms with Crippen molar-refractivity contribution in [2.24, 2.45) is 5.73 Å². The average Bonchev–Trinajstić information content (AvgIpc) is 2.47. The van der Waals surface area contributed by atoms with Crippen molar-refractivity contribution >= 4 is 5.97 Å². The molecular weight excluding hydrogens is 242 g/mol. The number of ether oxygens (including phenoxy) is 2. The smallest absolute Gasteiger partial charge is 0.337 e. The summed E-state index contributed by atoms with van der Waals surface area (Å²) in [5.74, 6) is 0.895. The molecule has 0 amide bonds. The Balaban J connectivity index is 2.16. The van der Waals surface area contributed by atoms with Crippen molar-refractivity contribution in [1.29, 1.82) is 0 Å². The molecule has 0 aliphatic carbocycles. The zero-order chi connectivity index (χ0) is 13.7. The van der Waals surface area contributed by atoms with E-state index in [1.165, 1.54) is 7.11 Å². The summed E-state index contributed by atoms with van der Waals surface area (Å²) in [6, 6.07) is 14.3. The highest BCUT2D eigenvalue weighted by atomic mass is 16.5. The molecule has 0 saturated carbocycles. The van der Waals surface area contributed by atoms with Gasteiger partial charge in [0.2, 0.25) is 0 Å². The predicted octanol–water partition coefficient (Wildman–Crippen LogP) is 2.72. The third-order valence-corrected chi connectivity index (χ3v) is 2.65. The Labute approximate surface area is 111 Å². The van der Waals surface area contributed by atoms with E-state index in [1.807, 2.05) is 24.3 Å². The number of rotatable bonds is 4. The van der Waals surface area contributed by atoms with Crippen molar-refractivity contribution in [2.75, 3.05) is 7.11 Å². The Kier molecular flexibility index (Phi) is 4.15. The van der Waals surface area contributed by atoms with E-state index in [1.54, 1.807) is 24.3 Å². The topological polar surface area (TPSA) is 61.5 Å². The van der Waals surface area contributed by atoms with Crippen molar-refractivity contribution < 1.29 is 14.3 Å². The standard InChI is InChI=1S/C15H15NO3/c1-18-15(17)12-3-2-4-14(9-12)19-13-7-5-11(10-16)6-8-13/h2-9H,10,16H2,1H3. The monoisotopic (exact) mass is 257 g/mol. The number of hydrogen-bond acceptors (Lipinski definition) is 4. The maximum absolute atomic E-state index is 11.4. The molecule has 0 atom stereocenters. The Morgan fingerprint density at radius 1 is 1.11 bits per heavy atom. The summed E-state index contributed by atoms with van der Waals surface area (Å²) in [7, 11) is 1.35. The molecular formula is C15H15NO3. The molecule has 0 spiro atoms. The van der Waals surface area contributed by atoms with Crippen LogP contribution in [0, 0.1) is 0 Å². The van der Waals surface area contributed by atoms with Crippen molar-refractivity contribution in [2.45, 2.75) is 6.54 Å². The maximum Gasteiger partial charge on any atom is 0.337 e. The summed E-state index contributed by atoms with van der Waals surface area (Å²) in [6.45, 7) is 0.498. The van der Waals surface area contributed by atoms with Gasteiger partial charge in [-0.3, -0.25) is 0 Å². The van der Waals surface area contributed by atoms with Crippen molar-refractivity contribution in [1.82, 2.24) is 0 Å². The van der Waals surface area contributed by atoms with Gasteiger partial charge in [0, 0.05) is 6.54 Å². The molecule has 0 unspecified atom stereocenters. The molecule has 2 aromatic carbocycles. The first-order valence-corrected chi connectivity index (χ1v) is 5.88. The van der Waals surface area contributed by atoms with Gasteiger partial charge in [0.25, 0.3) is 0 Å². The molecule has 2 rings (SSSR count). The van der Waals surface area contributed by atoms with Gasteiger partial charge in [-0.1, -0.05) is 18.2 Å². The quantitative estimate of drug-likeness (QED) is 0.855. The first-order valence-electron chi connectivity index (χ1n) is 5.88. The number of nitrogens with two attached hydrogens (primary N) is 1. The summed E-state index contributed by atoms with van der Waals surface area (Å²) >= 11 is 0. The SMILES string of the molecule is COC(=O)c1cccc(Oc2ccc(CN)cc2)c1. The third-order valence-electron chi connectivity index (χ3n) is 2.65. The first-order chi connectivity index (χ1) is 9.22. The highest BCUT2D eigenvalue weighted by molar-refractivity contribution is 5.89. The number of carbonyl (C=O) groups is 1. The second-order valence-corrected chi connectivity index (χ2v) is 3.97. The zero-order valence-corrected chi connectivity index (χ0v) is 10.6. The molecule has 0 fully saturated rings. The minimum Gasteiger partial charge on any atom is -0.465 e. The van der Waals surface area contributed by atoms with E-state index in [0.29, 0.717) is 23.6 Å². The number of benzene rings is 2. The minimum atomic E-state index is -0.385. The number of hydrogen-bond donors (Lipinski definition) is 1. The van der Waals surface area contributed by atoms with E-state index in [4.69, 9.17) is 10.5 Å². The first kappa shape index (κ1) is 13.1. The highest BCUT2D eigenvalue weighted by Gasteiger charge is 2.06. The molecule has 0 heterocycles. The maximum atomic E-state index is 11.4. The van der Waals surface area contributed by atoms with Gasteiger partial charge in [-0.15, -0.1) is 0 Å². The normalized spacial score (nSPS) is 10.0. The van der Waals surface area contributed by atoms with Crippen LogP contribution in [-0.4, -0.2) is 13.1 Å². The number of carbonyl (C=O) groups excluding carboxylic acids is 1. The van der Waals surface area contributed by atoms with Gasteiger partial charge in [-0.05, 0) is 35.9 Å². The lowest BCUT2D eigenvalue weighted by Crippen LogP contribution is -2.00. The van der Waals surface area contributed by atoms with E-state index < -0.39 is 0 Å².